The Morgan fingerprint density at radius 2 is 1.61 bits per heavy atom. The molecule has 3 rings (SSSR count). The van der Waals surface area contributed by atoms with Crippen molar-refractivity contribution in [2.75, 3.05) is 33.4 Å². The Morgan fingerprint density at radius 3 is 2.25 bits per heavy atom. The van der Waals surface area contributed by atoms with Crippen LogP contribution in [0.4, 0.5) is 0 Å². The highest BCUT2D eigenvalue weighted by molar-refractivity contribution is 14.0. The van der Waals surface area contributed by atoms with Crippen molar-refractivity contribution in [1.82, 2.24) is 10.6 Å². The van der Waals surface area contributed by atoms with Gasteiger partial charge < -0.3 is 15.4 Å². The van der Waals surface area contributed by atoms with Crippen molar-refractivity contribution in [3.63, 3.8) is 0 Å². The fraction of sp³-hybridized carbons (Fsp3) is 0.435. The summed E-state index contributed by atoms with van der Waals surface area (Å²) < 4.78 is 5.63. The molecule has 152 valence electrons. The molecule has 2 aromatic rings. The number of ether oxygens (including phenoxy) is 1. The van der Waals surface area contributed by atoms with Crippen LogP contribution in [0.2, 0.25) is 0 Å². The fourth-order valence-corrected chi connectivity index (χ4v) is 3.74. The SMILES string of the molecule is CN=C(NCCCc1ccccc1)NCC1(c2ccccc2)CCOCC1.I. The number of nitrogens with one attached hydrogen (secondary N) is 2. The van der Waals surface area contributed by atoms with E-state index in [9.17, 15) is 0 Å². The lowest BCUT2D eigenvalue weighted by Gasteiger charge is -2.38. The van der Waals surface area contributed by atoms with Crippen LogP contribution in [0, 0.1) is 0 Å². The number of rotatable bonds is 7. The van der Waals surface area contributed by atoms with Gasteiger partial charge in [0.2, 0.25) is 0 Å². The molecule has 1 heterocycles. The van der Waals surface area contributed by atoms with Crippen molar-refractivity contribution in [3.05, 3.63) is 71.8 Å². The zero-order valence-corrected chi connectivity index (χ0v) is 19.0. The van der Waals surface area contributed by atoms with E-state index in [4.69, 9.17) is 4.74 Å². The normalized spacial score (nSPS) is 16.1. The summed E-state index contributed by atoms with van der Waals surface area (Å²) in [4.78, 5) is 4.40. The van der Waals surface area contributed by atoms with E-state index < -0.39 is 0 Å². The molecule has 0 bridgehead atoms. The summed E-state index contributed by atoms with van der Waals surface area (Å²) in [6, 6.07) is 21.4. The van der Waals surface area contributed by atoms with Gasteiger partial charge in [-0.25, -0.2) is 0 Å². The molecule has 2 aromatic carbocycles. The monoisotopic (exact) mass is 493 g/mol. The van der Waals surface area contributed by atoms with Gasteiger partial charge in [-0.1, -0.05) is 60.7 Å². The second-order valence-corrected chi connectivity index (χ2v) is 7.20. The summed E-state index contributed by atoms with van der Waals surface area (Å²) >= 11 is 0. The molecular weight excluding hydrogens is 461 g/mol. The van der Waals surface area contributed by atoms with Crippen molar-refractivity contribution in [1.29, 1.82) is 0 Å². The third-order valence-electron chi connectivity index (χ3n) is 5.43. The van der Waals surface area contributed by atoms with E-state index in [1.54, 1.807) is 0 Å². The maximum absolute atomic E-state index is 5.63. The van der Waals surface area contributed by atoms with Crippen LogP contribution in [0.15, 0.2) is 65.7 Å². The summed E-state index contributed by atoms with van der Waals surface area (Å²) in [6.45, 7) is 3.42. The van der Waals surface area contributed by atoms with E-state index in [1.165, 1.54) is 11.1 Å². The smallest absolute Gasteiger partial charge is 0.191 e. The molecule has 0 saturated carbocycles. The summed E-state index contributed by atoms with van der Waals surface area (Å²) in [7, 11) is 1.84. The Balaban J connectivity index is 0.00000280. The third-order valence-corrected chi connectivity index (χ3v) is 5.43. The number of aliphatic imine (C=N–C) groups is 1. The lowest BCUT2D eigenvalue weighted by atomic mass is 9.74. The van der Waals surface area contributed by atoms with Crippen LogP contribution in [0.1, 0.15) is 30.4 Å². The average molecular weight is 493 g/mol. The Morgan fingerprint density at radius 1 is 0.964 bits per heavy atom. The molecule has 1 aliphatic heterocycles. The van der Waals surface area contributed by atoms with Crippen molar-refractivity contribution >= 4 is 29.9 Å². The van der Waals surface area contributed by atoms with Gasteiger partial charge >= 0.3 is 0 Å². The van der Waals surface area contributed by atoms with Crippen molar-refractivity contribution < 1.29 is 4.74 Å². The van der Waals surface area contributed by atoms with Gasteiger partial charge in [0.25, 0.3) is 0 Å². The van der Waals surface area contributed by atoms with Gasteiger partial charge in [0.05, 0.1) is 0 Å². The predicted molar refractivity (Wildman–Crippen MR) is 128 cm³/mol. The van der Waals surface area contributed by atoms with Crippen LogP contribution in [-0.2, 0) is 16.6 Å². The van der Waals surface area contributed by atoms with Gasteiger partial charge in [0, 0.05) is 38.8 Å². The fourth-order valence-electron chi connectivity index (χ4n) is 3.74. The average Bonchev–Trinajstić information content (AvgIpc) is 2.75. The molecule has 0 amide bonds. The first-order chi connectivity index (χ1) is 13.3. The molecule has 0 unspecified atom stereocenters. The number of halogens is 1. The first-order valence-electron chi connectivity index (χ1n) is 9.94. The van der Waals surface area contributed by atoms with Crippen molar-refractivity contribution in [3.8, 4) is 0 Å². The van der Waals surface area contributed by atoms with E-state index in [0.29, 0.717) is 0 Å². The number of aryl methyl sites for hydroxylation is 1. The zero-order valence-electron chi connectivity index (χ0n) is 16.7. The van der Waals surface area contributed by atoms with Crippen LogP contribution < -0.4 is 10.6 Å². The number of nitrogens with zero attached hydrogens (tertiary/aromatic N) is 1. The highest BCUT2D eigenvalue weighted by Crippen LogP contribution is 2.34. The first kappa shape index (κ1) is 22.7. The summed E-state index contributed by atoms with van der Waals surface area (Å²) in [6.07, 6.45) is 4.24. The van der Waals surface area contributed by atoms with Gasteiger partial charge in [-0.3, -0.25) is 4.99 Å². The Hall–Kier alpha value is -1.60. The number of hydrogen-bond acceptors (Lipinski definition) is 2. The van der Waals surface area contributed by atoms with Gasteiger partial charge in [-0.2, -0.15) is 0 Å². The van der Waals surface area contributed by atoms with Crippen LogP contribution in [0.25, 0.3) is 0 Å². The minimum atomic E-state index is 0. The topological polar surface area (TPSA) is 45.7 Å². The quantitative estimate of drug-likeness (QED) is 0.264. The zero-order chi connectivity index (χ0) is 18.8. The molecule has 0 radical (unpaired) electrons. The summed E-state index contributed by atoms with van der Waals surface area (Å²) in [5, 5.41) is 7.02. The minimum absolute atomic E-state index is 0. The first-order valence-corrected chi connectivity index (χ1v) is 9.94. The lowest BCUT2D eigenvalue weighted by molar-refractivity contribution is 0.0514. The molecule has 1 aliphatic rings. The molecule has 5 heteroatoms. The molecular formula is C23H32IN3O. The summed E-state index contributed by atoms with van der Waals surface area (Å²) in [5.74, 6) is 0.879. The van der Waals surface area contributed by atoms with Crippen LogP contribution >= 0.6 is 24.0 Å². The summed E-state index contributed by atoms with van der Waals surface area (Å²) in [5.41, 5.74) is 2.88. The van der Waals surface area contributed by atoms with Gasteiger partial charge in [-0.15, -0.1) is 24.0 Å². The highest BCUT2D eigenvalue weighted by atomic mass is 127. The molecule has 0 aliphatic carbocycles. The van der Waals surface area contributed by atoms with E-state index in [2.05, 4.69) is 76.3 Å². The molecule has 0 atom stereocenters. The second-order valence-electron chi connectivity index (χ2n) is 7.20. The van der Waals surface area contributed by atoms with Gasteiger partial charge in [-0.05, 0) is 36.8 Å². The second kappa shape index (κ2) is 12.1. The van der Waals surface area contributed by atoms with E-state index in [1.807, 2.05) is 7.05 Å². The van der Waals surface area contributed by atoms with Crippen LogP contribution in [-0.4, -0.2) is 39.3 Å². The van der Waals surface area contributed by atoms with Gasteiger partial charge in [0.1, 0.15) is 0 Å². The van der Waals surface area contributed by atoms with Crippen molar-refractivity contribution in [2.24, 2.45) is 4.99 Å². The molecule has 0 spiro atoms. The maximum atomic E-state index is 5.63. The number of guanidine groups is 1. The van der Waals surface area contributed by atoms with E-state index >= 15 is 0 Å². The largest absolute Gasteiger partial charge is 0.381 e. The third kappa shape index (κ3) is 6.48. The highest BCUT2D eigenvalue weighted by Gasteiger charge is 2.34. The minimum Gasteiger partial charge on any atom is -0.381 e. The Bertz CT molecular complexity index is 700. The molecule has 4 nitrogen and oxygen atoms in total. The van der Waals surface area contributed by atoms with E-state index in [0.717, 1.165) is 57.9 Å². The maximum Gasteiger partial charge on any atom is 0.191 e. The molecule has 0 aromatic heterocycles. The predicted octanol–water partition coefficient (Wildman–Crippen LogP) is 4.15. The number of benzene rings is 2. The standard InChI is InChI=1S/C23H31N3O.HI/c1-24-22(25-16-8-11-20-9-4-2-5-10-20)26-19-23(14-17-27-18-15-23)21-12-6-3-7-13-21;/h2-7,9-10,12-13H,8,11,14-19H2,1H3,(H2,24,25,26);1H. The molecule has 28 heavy (non-hydrogen) atoms. The molecule has 1 fully saturated rings. The van der Waals surface area contributed by atoms with Crippen LogP contribution in [0.5, 0.6) is 0 Å². The lowest BCUT2D eigenvalue weighted by Crippen LogP contribution is -2.48. The molecule has 2 N–H and O–H groups in total. The Kier molecular flexibility index (Phi) is 9.78. The Labute approximate surface area is 186 Å². The van der Waals surface area contributed by atoms with Crippen molar-refractivity contribution in [2.45, 2.75) is 31.1 Å². The number of hydrogen-bond donors (Lipinski definition) is 2. The van der Waals surface area contributed by atoms with Crippen LogP contribution in [0.3, 0.4) is 0 Å². The van der Waals surface area contributed by atoms with Gasteiger partial charge in [0.15, 0.2) is 5.96 Å². The van der Waals surface area contributed by atoms with E-state index in [-0.39, 0.29) is 29.4 Å². The molecule has 1 saturated heterocycles.